The van der Waals surface area contributed by atoms with Gasteiger partial charge in [-0.2, -0.15) is 0 Å². The minimum absolute atomic E-state index is 0. The molecule has 0 unspecified atom stereocenters. The third kappa shape index (κ3) is 3.51. The molecule has 1 N–H and O–H groups in total. The number of benzene rings is 2. The van der Waals surface area contributed by atoms with Crippen LogP contribution in [0.25, 0.3) is 10.8 Å². The van der Waals surface area contributed by atoms with Crippen LogP contribution in [0.1, 0.15) is 18.4 Å². The van der Waals surface area contributed by atoms with Gasteiger partial charge in [-0.15, -0.1) is 12.4 Å². The van der Waals surface area contributed by atoms with Gasteiger partial charge in [-0.3, -0.25) is 4.90 Å². The summed E-state index contributed by atoms with van der Waals surface area (Å²) in [6.45, 7) is 3.50. The van der Waals surface area contributed by atoms with Crippen LogP contribution >= 0.6 is 12.4 Å². The zero-order valence-corrected chi connectivity index (χ0v) is 12.8. The number of halogens is 1. The number of hydrogen-bond acceptors (Lipinski definition) is 2. The van der Waals surface area contributed by atoms with Crippen molar-refractivity contribution in [1.82, 2.24) is 10.2 Å². The molecule has 0 saturated carbocycles. The van der Waals surface area contributed by atoms with Gasteiger partial charge in [0.15, 0.2) is 0 Å². The zero-order chi connectivity index (χ0) is 13.1. The van der Waals surface area contributed by atoms with Crippen LogP contribution in [0.3, 0.4) is 0 Å². The number of nitrogens with one attached hydrogen (secondary N) is 1. The number of fused-ring (bicyclic) bond motifs is 1. The van der Waals surface area contributed by atoms with Crippen LogP contribution in [0.5, 0.6) is 0 Å². The molecule has 2 aromatic carbocycles. The molecule has 2 aromatic rings. The Balaban J connectivity index is 0.00000147. The fourth-order valence-corrected chi connectivity index (χ4v) is 2.98. The summed E-state index contributed by atoms with van der Waals surface area (Å²) in [6, 6.07) is 16.2. The Labute approximate surface area is 127 Å². The van der Waals surface area contributed by atoms with E-state index in [-0.39, 0.29) is 12.4 Å². The van der Waals surface area contributed by atoms with Crippen LogP contribution < -0.4 is 5.32 Å². The molecule has 0 atom stereocenters. The number of nitrogens with zero attached hydrogens (tertiary/aromatic N) is 1. The second-order valence-corrected chi connectivity index (χ2v) is 5.52. The van der Waals surface area contributed by atoms with Crippen LogP contribution in [0, 0.1) is 0 Å². The summed E-state index contributed by atoms with van der Waals surface area (Å²) in [5.74, 6) is 0. The monoisotopic (exact) mass is 290 g/mol. The van der Waals surface area contributed by atoms with E-state index in [2.05, 4.69) is 59.7 Å². The third-order valence-corrected chi connectivity index (χ3v) is 4.22. The Morgan fingerprint density at radius 2 is 1.75 bits per heavy atom. The van der Waals surface area contributed by atoms with Gasteiger partial charge in [0.25, 0.3) is 0 Å². The van der Waals surface area contributed by atoms with Crippen molar-refractivity contribution in [2.75, 3.05) is 20.1 Å². The topological polar surface area (TPSA) is 15.3 Å². The number of piperidine rings is 1. The Bertz CT molecular complexity index is 547. The maximum atomic E-state index is 3.39. The molecule has 0 amide bonds. The summed E-state index contributed by atoms with van der Waals surface area (Å²) < 4.78 is 0. The predicted octanol–water partition coefficient (Wildman–Crippen LogP) is 3.45. The average molecular weight is 291 g/mol. The van der Waals surface area contributed by atoms with Gasteiger partial charge in [0, 0.05) is 12.6 Å². The van der Waals surface area contributed by atoms with Gasteiger partial charge in [0.05, 0.1) is 0 Å². The number of likely N-dealkylation sites (tertiary alicyclic amines) is 1. The number of hydrogen-bond donors (Lipinski definition) is 1. The summed E-state index contributed by atoms with van der Waals surface area (Å²) in [5.41, 5.74) is 1.43. The fraction of sp³-hybridized carbons (Fsp3) is 0.412. The van der Waals surface area contributed by atoms with Crippen LogP contribution in [-0.2, 0) is 6.54 Å². The van der Waals surface area contributed by atoms with E-state index < -0.39 is 0 Å². The fourth-order valence-electron chi connectivity index (χ4n) is 2.98. The van der Waals surface area contributed by atoms with E-state index in [0.717, 1.165) is 6.54 Å². The molecule has 1 heterocycles. The van der Waals surface area contributed by atoms with Crippen molar-refractivity contribution >= 4 is 23.2 Å². The molecular formula is C17H23ClN2. The summed E-state index contributed by atoms with van der Waals surface area (Å²) in [6.07, 6.45) is 2.54. The molecule has 2 nitrogen and oxygen atoms in total. The maximum Gasteiger partial charge on any atom is 0.0233 e. The van der Waals surface area contributed by atoms with E-state index in [0.29, 0.717) is 6.04 Å². The highest BCUT2D eigenvalue weighted by molar-refractivity contribution is 5.85. The zero-order valence-electron chi connectivity index (χ0n) is 12.0. The van der Waals surface area contributed by atoms with Crippen LogP contribution in [-0.4, -0.2) is 31.1 Å². The van der Waals surface area contributed by atoms with Crippen molar-refractivity contribution in [3.63, 3.8) is 0 Å². The molecule has 1 fully saturated rings. The van der Waals surface area contributed by atoms with Gasteiger partial charge in [0.1, 0.15) is 0 Å². The van der Waals surface area contributed by atoms with Crippen molar-refractivity contribution in [1.29, 1.82) is 0 Å². The number of rotatable bonds is 3. The van der Waals surface area contributed by atoms with E-state index in [1.165, 1.54) is 42.3 Å². The normalized spacial score (nSPS) is 17.1. The van der Waals surface area contributed by atoms with Crippen LogP contribution in [0.2, 0.25) is 0 Å². The first kappa shape index (κ1) is 15.3. The van der Waals surface area contributed by atoms with Gasteiger partial charge in [0.2, 0.25) is 0 Å². The standard InChI is InChI=1S/C17H22N2.ClH/c1-18-17-8-10-19(11-9-17)13-14-6-7-15-4-2-3-5-16(15)12-14;/h2-7,12,17-18H,8-11,13H2,1H3;1H. The highest BCUT2D eigenvalue weighted by Gasteiger charge is 2.17. The van der Waals surface area contributed by atoms with Gasteiger partial charge in [-0.05, 0) is 55.4 Å². The molecule has 1 saturated heterocycles. The minimum atomic E-state index is 0. The highest BCUT2D eigenvalue weighted by atomic mass is 35.5. The lowest BCUT2D eigenvalue weighted by Crippen LogP contribution is -2.40. The molecule has 0 bridgehead atoms. The molecule has 0 radical (unpaired) electrons. The van der Waals surface area contributed by atoms with E-state index in [1.807, 2.05) is 0 Å². The van der Waals surface area contributed by atoms with Gasteiger partial charge >= 0.3 is 0 Å². The van der Waals surface area contributed by atoms with Crippen molar-refractivity contribution in [3.05, 3.63) is 48.0 Å². The summed E-state index contributed by atoms with van der Waals surface area (Å²) >= 11 is 0. The Hall–Kier alpha value is -1.09. The van der Waals surface area contributed by atoms with Crippen molar-refractivity contribution in [2.24, 2.45) is 0 Å². The predicted molar refractivity (Wildman–Crippen MR) is 88.6 cm³/mol. The van der Waals surface area contributed by atoms with E-state index >= 15 is 0 Å². The lowest BCUT2D eigenvalue weighted by molar-refractivity contribution is 0.194. The molecule has 0 aromatic heterocycles. The summed E-state index contributed by atoms with van der Waals surface area (Å²) in [4.78, 5) is 2.57. The molecule has 1 aliphatic heterocycles. The van der Waals surface area contributed by atoms with Crippen molar-refractivity contribution in [2.45, 2.75) is 25.4 Å². The third-order valence-electron chi connectivity index (χ3n) is 4.22. The SMILES string of the molecule is CNC1CCN(Cc2ccc3ccccc3c2)CC1.Cl. The van der Waals surface area contributed by atoms with Crippen LogP contribution in [0.15, 0.2) is 42.5 Å². The largest absolute Gasteiger partial charge is 0.317 e. The smallest absolute Gasteiger partial charge is 0.0233 e. The molecule has 108 valence electrons. The Kier molecular flexibility index (Phi) is 5.41. The van der Waals surface area contributed by atoms with E-state index in [1.54, 1.807) is 0 Å². The second-order valence-electron chi connectivity index (χ2n) is 5.52. The lowest BCUT2D eigenvalue weighted by atomic mass is 10.0. The van der Waals surface area contributed by atoms with Crippen LogP contribution in [0.4, 0.5) is 0 Å². The van der Waals surface area contributed by atoms with Gasteiger partial charge < -0.3 is 5.32 Å². The first-order chi connectivity index (χ1) is 9.35. The van der Waals surface area contributed by atoms with Crippen molar-refractivity contribution in [3.8, 4) is 0 Å². The molecule has 3 rings (SSSR count). The van der Waals surface area contributed by atoms with E-state index in [9.17, 15) is 0 Å². The quantitative estimate of drug-likeness (QED) is 0.931. The molecule has 0 aliphatic carbocycles. The van der Waals surface area contributed by atoms with Crippen molar-refractivity contribution < 1.29 is 0 Å². The summed E-state index contributed by atoms with van der Waals surface area (Å²) in [5, 5.41) is 6.07. The molecule has 3 heteroatoms. The minimum Gasteiger partial charge on any atom is -0.317 e. The molecule has 1 aliphatic rings. The second kappa shape index (κ2) is 7.07. The maximum absolute atomic E-state index is 3.39. The first-order valence-corrected chi connectivity index (χ1v) is 7.22. The Morgan fingerprint density at radius 1 is 1.05 bits per heavy atom. The van der Waals surface area contributed by atoms with E-state index in [4.69, 9.17) is 0 Å². The Morgan fingerprint density at radius 3 is 2.45 bits per heavy atom. The molecule has 20 heavy (non-hydrogen) atoms. The molecule has 0 spiro atoms. The highest BCUT2D eigenvalue weighted by Crippen LogP contribution is 2.18. The van der Waals surface area contributed by atoms with Gasteiger partial charge in [-0.25, -0.2) is 0 Å². The average Bonchev–Trinajstić information content (AvgIpc) is 2.48. The van der Waals surface area contributed by atoms with Gasteiger partial charge in [-0.1, -0.05) is 36.4 Å². The summed E-state index contributed by atoms with van der Waals surface area (Å²) in [7, 11) is 2.07. The lowest BCUT2D eigenvalue weighted by Gasteiger charge is -2.31. The first-order valence-electron chi connectivity index (χ1n) is 7.22. The molecular weight excluding hydrogens is 268 g/mol.